The zero-order valence-corrected chi connectivity index (χ0v) is 19.1. The molecule has 0 spiro atoms. The predicted octanol–water partition coefficient (Wildman–Crippen LogP) is 5.13. The van der Waals surface area contributed by atoms with Crippen molar-refractivity contribution in [1.82, 2.24) is 4.57 Å². The standard InChI is InChI=1S/C26H23FN2O3S/c1-4-33(31,32)28-20-12-11-18(14-19-10-9-17(2)13-25(19)27)23(15-20)24-16-29(3)26(30)22-8-6-5-7-21(22)24/h4-13,15-16,28H,1,14H2,2-3H3. The fraction of sp³-hybridized carbons (Fsp3) is 0.115. The molecule has 0 bridgehead atoms. The second-order valence-corrected chi connectivity index (χ2v) is 9.59. The smallest absolute Gasteiger partial charge is 0.258 e. The van der Waals surface area contributed by atoms with Gasteiger partial charge in [-0.2, -0.15) is 0 Å². The van der Waals surface area contributed by atoms with Crippen LogP contribution in [0.15, 0.2) is 83.6 Å². The Morgan fingerprint density at radius 2 is 1.70 bits per heavy atom. The van der Waals surface area contributed by atoms with Gasteiger partial charge in [0.15, 0.2) is 0 Å². The normalized spacial score (nSPS) is 11.5. The summed E-state index contributed by atoms with van der Waals surface area (Å²) in [5.41, 5.74) is 3.80. The van der Waals surface area contributed by atoms with Crippen LogP contribution in [0.25, 0.3) is 21.9 Å². The van der Waals surface area contributed by atoms with Crippen LogP contribution in [0.2, 0.25) is 0 Å². The number of rotatable bonds is 6. The summed E-state index contributed by atoms with van der Waals surface area (Å²) in [6.45, 7) is 5.16. The zero-order chi connectivity index (χ0) is 23.8. The average molecular weight is 463 g/mol. The Morgan fingerprint density at radius 3 is 2.39 bits per heavy atom. The van der Waals surface area contributed by atoms with Gasteiger partial charge in [-0.05, 0) is 58.8 Å². The maximum atomic E-state index is 14.6. The summed E-state index contributed by atoms with van der Waals surface area (Å²) >= 11 is 0. The van der Waals surface area contributed by atoms with Crippen LogP contribution in [-0.2, 0) is 23.5 Å². The zero-order valence-electron chi connectivity index (χ0n) is 18.3. The highest BCUT2D eigenvalue weighted by Gasteiger charge is 2.16. The lowest BCUT2D eigenvalue weighted by Crippen LogP contribution is -2.16. The first-order chi connectivity index (χ1) is 15.7. The largest absolute Gasteiger partial charge is 0.317 e. The lowest BCUT2D eigenvalue weighted by Gasteiger charge is -2.16. The van der Waals surface area contributed by atoms with E-state index in [9.17, 15) is 17.6 Å². The lowest BCUT2D eigenvalue weighted by molar-refractivity contribution is 0.609. The topological polar surface area (TPSA) is 68.2 Å². The first kappa shape index (κ1) is 22.5. The number of hydrogen-bond acceptors (Lipinski definition) is 3. The van der Waals surface area contributed by atoms with Crippen molar-refractivity contribution < 1.29 is 12.8 Å². The molecule has 0 fully saturated rings. The Labute approximate surface area is 191 Å². The van der Waals surface area contributed by atoms with Crippen LogP contribution in [0, 0.1) is 12.7 Å². The molecule has 4 rings (SSSR count). The molecule has 5 nitrogen and oxygen atoms in total. The maximum absolute atomic E-state index is 14.6. The van der Waals surface area contributed by atoms with Gasteiger partial charge in [0.25, 0.3) is 15.6 Å². The lowest BCUT2D eigenvalue weighted by atomic mass is 9.92. The Kier molecular flexibility index (Phi) is 5.91. The Balaban J connectivity index is 1.96. The monoisotopic (exact) mass is 462 g/mol. The van der Waals surface area contributed by atoms with Crippen LogP contribution in [0.4, 0.5) is 10.1 Å². The van der Waals surface area contributed by atoms with Crippen molar-refractivity contribution >= 4 is 26.5 Å². The molecule has 3 aromatic carbocycles. The van der Waals surface area contributed by atoms with Crippen molar-refractivity contribution in [2.75, 3.05) is 4.72 Å². The number of sulfonamides is 1. The summed E-state index contributed by atoms with van der Waals surface area (Å²) in [5.74, 6) is -0.303. The molecule has 1 aromatic heterocycles. The van der Waals surface area contributed by atoms with Crippen LogP contribution in [0.3, 0.4) is 0 Å². The molecule has 0 saturated heterocycles. The minimum atomic E-state index is -3.71. The quantitative estimate of drug-likeness (QED) is 0.432. The fourth-order valence-electron chi connectivity index (χ4n) is 3.88. The number of nitrogens with zero attached hydrogens (tertiary/aromatic N) is 1. The van der Waals surface area contributed by atoms with Gasteiger partial charge in [-0.3, -0.25) is 9.52 Å². The summed E-state index contributed by atoms with van der Waals surface area (Å²) in [6, 6.07) is 17.4. The van der Waals surface area contributed by atoms with Gasteiger partial charge in [0.05, 0.1) is 0 Å². The molecular weight excluding hydrogens is 439 g/mol. The highest BCUT2D eigenvalue weighted by Crippen LogP contribution is 2.33. The molecule has 0 atom stereocenters. The van der Waals surface area contributed by atoms with Gasteiger partial charge in [0, 0.05) is 41.7 Å². The van der Waals surface area contributed by atoms with E-state index in [0.717, 1.165) is 27.5 Å². The number of hydrogen-bond donors (Lipinski definition) is 1. The van der Waals surface area contributed by atoms with Crippen molar-refractivity contribution in [2.24, 2.45) is 7.05 Å². The first-order valence-corrected chi connectivity index (χ1v) is 11.8. The third-order valence-electron chi connectivity index (χ3n) is 5.56. The van der Waals surface area contributed by atoms with E-state index in [1.165, 1.54) is 10.6 Å². The van der Waals surface area contributed by atoms with Gasteiger partial charge in [-0.15, -0.1) is 0 Å². The summed E-state index contributed by atoms with van der Waals surface area (Å²) < 4.78 is 42.7. The van der Waals surface area contributed by atoms with Gasteiger partial charge in [0.1, 0.15) is 5.82 Å². The number of fused-ring (bicyclic) bond motifs is 1. The van der Waals surface area contributed by atoms with E-state index in [1.807, 2.05) is 25.1 Å². The summed E-state index contributed by atoms with van der Waals surface area (Å²) in [4.78, 5) is 12.7. The molecule has 33 heavy (non-hydrogen) atoms. The minimum absolute atomic E-state index is 0.135. The fourth-order valence-corrected chi connectivity index (χ4v) is 4.42. The number of pyridine rings is 1. The molecule has 7 heteroatoms. The highest BCUT2D eigenvalue weighted by atomic mass is 32.2. The minimum Gasteiger partial charge on any atom is -0.317 e. The van der Waals surface area contributed by atoms with Gasteiger partial charge < -0.3 is 4.57 Å². The van der Waals surface area contributed by atoms with Crippen LogP contribution in [0.1, 0.15) is 16.7 Å². The molecule has 1 N–H and O–H groups in total. The van der Waals surface area contributed by atoms with E-state index in [0.29, 0.717) is 28.6 Å². The highest BCUT2D eigenvalue weighted by molar-refractivity contribution is 7.95. The van der Waals surface area contributed by atoms with E-state index in [4.69, 9.17) is 0 Å². The molecule has 0 amide bonds. The number of nitrogens with one attached hydrogen (secondary N) is 1. The Hall–Kier alpha value is -3.71. The summed E-state index contributed by atoms with van der Waals surface area (Å²) in [5, 5.41) is 2.11. The molecule has 1 heterocycles. The molecule has 4 aromatic rings. The van der Waals surface area contributed by atoms with E-state index in [-0.39, 0.29) is 11.4 Å². The van der Waals surface area contributed by atoms with Crippen LogP contribution >= 0.6 is 0 Å². The molecule has 0 unspecified atom stereocenters. The second-order valence-electron chi connectivity index (χ2n) is 7.96. The van der Waals surface area contributed by atoms with Crippen molar-refractivity contribution in [1.29, 1.82) is 0 Å². The predicted molar refractivity (Wildman–Crippen MR) is 131 cm³/mol. The number of anilines is 1. The average Bonchev–Trinajstić information content (AvgIpc) is 2.79. The molecule has 0 aliphatic heterocycles. The molecular formula is C26H23FN2O3S. The Bertz CT molecular complexity index is 1560. The van der Waals surface area contributed by atoms with Crippen LogP contribution in [-0.4, -0.2) is 13.0 Å². The molecule has 168 valence electrons. The van der Waals surface area contributed by atoms with E-state index < -0.39 is 10.0 Å². The van der Waals surface area contributed by atoms with Gasteiger partial charge >= 0.3 is 0 Å². The third kappa shape index (κ3) is 4.59. The van der Waals surface area contributed by atoms with E-state index in [1.54, 1.807) is 49.6 Å². The molecule has 0 radical (unpaired) electrons. The van der Waals surface area contributed by atoms with Crippen molar-refractivity contribution in [3.8, 4) is 11.1 Å². The maximum Gasteiger partial charge on any atom is 0.258 e. The van der Waals surface area contributed by atoms with E-state index >= 15 is 0 Å². The molecule has 0 saturated carbocycles. The number of aryl methyl sites for hydroxylation is 2. The van der Waals surface area contributed by atoms with Crippen molar-refractivity contribution in [3.05, 3.63) is 112 Å². The second kappa shape index (κ2) is 8.67. The summed E-state index contributed by atoms with van der Waals surface area (Å²) in [7, 11) is -2.04. The number of halogens is 1. The summed E-state index contributed by atoms with van der Waals surface area (Å²) in [6.07, 6.45) is 2.02. The SMILES string of the molecule is C=CS(=O)(=O)Nc1ccc(Cc2ccc(C)cc2F)c(-c2cn(C)c(=O)c3ccccc23)c1. The van der Waals surface area contributed by atoms with Crippen molar-refractivity contribution in [3.63, 3.8) is 0 Å². The first-order valence-electron chi connectivity index (χ1n) is 10.3. The van der Waals surface area contributed by atoms with Gasteiger partial charge in [0.2, 0.25) is 0 Å². The Morgan fingerprint density at radius 1 is 1.00 bits per heavy atom. The van der Waals surface area contributed by atoms with Gasteiger partial charge in [-0.1, -0.05) is 43.0 Å². The van der Waals surface area contributed by atoms with E-state index in [2.05, 4.69) is 11.3 Å². The van der Waals surface area contributed by atoms with Crippen LogP contribution in [0.5, 0.6) is 0 Å². The molecule has 0 aliphatic rings. The van der Waals surface area contributed by atoms with Crippen LogP contribution < -0.4 is 10.3 Å². The van der Waals surface area contributed by atoms with Gasteiger partial charge in [-0.25, -0.2) is 12.8 Å². The third-order valence-corrected chi connectivity index (χ3v) is 6.52. The number of aromatic nitrogens is 1. The van der Waals surface area contributed by atoms with Crippen molar-refractivity contribution in [2.45, 2.75) is 13.3 Å². The molecule has 0 aliphatic carbocycles. The number of benzene rings is 3.